The van der Waals surface area contributed by atoms with Crippen LogP contribution in [0.25, 0.3) is 11.3 Å². The van der Waals surface area contributed by atoms with Crippen LogP contribution in [0.4, 0.5) is 0 Å². The summed E-state index contributed by atoms with van der Waals surface area (Å²) in [6, 6.07) is 5.04. The molecule has 2 aromatic rings. The number of rotatable bonds is 2. The topological polar surface area (TPSA) is 35.3 Å². The molecule has 15 heavy (non-hydrogen) atoms. The molecule has 0 saturated carbocycles. The van der Waals surface area contributed by atoms with E-state index >= 15 is 0 Å². The highest BCUT2D eigenvalue weighted by atomic mass is 35.5. The maximum Gasteiger partial charge on any atom is 0.168 e. The van der Waals surface area contributed by atoms with E-state index in [2.05, 4.69) is 5.16 Å². The van der Waals surface area contributed by atoms with Crippen LogP contribution in [-0.4, -0.2) is 12.3 Å². The monoisotopic (exact) mass is 243 g/mol. The van der Waals surface area contributed by atoms with E-state index in [1.54, 1.807) is 24.4 Å². The molecule has 0 aliphatic rings. The minimum atomic E-state index is 0.480. The summed E-state index contributed by atoms with van der Waals surface area (Å²) in [6.45, 7) is 0. The van der Waals surface area contributed by atoms with Gasteiger partial charge in [-0.25, -0.2) is 0 Å². The van der Waals surface area contributed by atoms with Gasteiger partial charge in [-0.2, -0.15) is 0 Å². The first-order valence-corrected chi connectivity index (χ1v) is 4.92. The first kappa shape index (κ1) is 10.3. The Bertz CT molecular complexity index is 469. The molecule has 0 atom stereocenters. The predicted octanol–water partition coefficient (Wildman–Crippen LogP) is 3.66. The van der Waals surface area contributed by atoms with Gasteiger partial charge >= 0.3 is 0 Å². The Kier molecular flexibility index (Phi) is 2.84. The lowest BCUT2D eigenvalue weighted by Gasteiger charge is -2.06. The molecule has 0 saturated heterocycles. The Morgan fingerprint density at radius 3 is 2.67 bits per heavy atom. The number of hydrogen-bond donors (Lipinski definition) is 0. The van der Waals surface area contributed by atoms with Crippen molar-refractivity contribution in [3.63, 3.8) is 0 Å². The van der Waals surface area contributed by atoms with Crippen LogP contribution in [0.2, 0.25) is 10.0 Å². The van der Waals surface area contributed by atoms with Crippen molar-refractivity contribution in [2.75, 3.05) is 7.11 Å². The third-order valence-electron chi connectivity index (χ3n) is 1.94. The van der Waals surface area contributed by atoms with Crippen molar-refractivity contribution in [2.24, 2.45) is 0 Å². The molecule has 5 heteroatoms. The molecule has 1 heterocycles. The van der Waals surface area contributed by atoms with Gasteiger partial charge in [0.05, 0.1) is 23.4 Å². The number of aromatic nitrogens is 1. The molecule has 0 N–H and O–H groups in total. The van der Waals surface area contributed by atoms with E-state index in [0.29, 0.717) is 27.1 Å². The summed E-state index contributed by atoms with van der Waals surface area (Å²) < 4.78 is 10.0. The Morgan fingerprint density at radius 2 is 2.07 bits per heavy atom. The van der Waals surface area contributed by atoms with Crippen LogP contribution in [0.5, 0.6) is 5.75 Å². The molecule has 0 aliphatic carbocycles. The minimum absolute atomic E-state index is 0.480. The molecule has 0 bridgehead atoms. The predicted molar refractivity (Wildman–Crippen MR) is 58.5 cm³/mol. The van der Waals surface area contributed by atoms with Gasteiger partial charge in [0.1, 0.15) is 5.75 Å². The quantitative estimate of drug-likeness (QED) is 0.808. The van der Waals surface area contributed by atoms with Crippen molar-refractivity contribution in [1.29, 1.82) is 0 Å². The summed E-state index contributed by atoms with van der Waals surface area (Å²) in [7, 11) is 1.53. The fourth-order valence-corrected chi connectivity index (χ4v) is 1.72. The molecule has 3 nitrogen and oxygen atoms in total. The van der Waals surface area contributed by atoms with E-state index in [0.717, 1.165) is 0 Å². The maximum atomic E-state index is 6.05. The van der Waals surface area contributed by atoms with Gasteiger partial charge in [0.25, 0.3) is 0 Å². The van der Waals surface area contributed by atoms with Crippen LogP contribution in [0, 0.1) is 0 Å². The van der Waals surface area contributed by atoms with Crippen LogP contribution < -0.4 is 4.74 Å². The van der Waals surface area contributed by atoms with E-state index in [1.165, 1.54) is 7.11 Å². The van der Waals surface area contributed by atoms with Gasteiger partial charge < -0.3 is 9.26 Å². The maximum absolute atomic E-state index is 6.05. The summed E-state index contributed by atoms with van der Waals surface area (Å²) in [5.74, 6) is 1.11. The van der Waals surface area contributed by atoms with Crippen molar-refractivity contribution >= 4 is 23.2 Å². The van der Waals surface area contributed by atoms with Gasteiger partial charge in [0.2, 0.25) is 0 Å². The lowest BCUT2D eigenvalue weighted by molar-refractivity contribution is 0.414. The number of benzene rings is 1. The van der Waals surface area contributed by atoms with Gasteiger partial charge in [-0.1, -0.05) is 28.4 Å². The van der Waals surface area contributed by atoms with Gasteiger partial charge in [-0.05, 0) is 6.07 Å². The number of ether oxygens (including phenoxy) is 1. The zero-order valence-corrected chi connectivity index (χ0v) is 9.34. The largest absolute Gasteiger partial charge is 0.495 e. The molecule has 2 rings (SSSR count). The van der Waals surface area contributed by atoms with Crippen molar-refractivity contribution in [2.45, 2.75) is 0 Å². The van der Waals surface area contributed by atoms with Crippen LogP contribution in [0.15, 0.2) is 28.9 Å². The van der Waals surface area contributed by atoms with Gasteiger partial charge in [-0.15, -0.1) is 0 Å². The van der Waals surface area contributed by atoms with Crippen LogP contribution in [0.1, 0.15) is 0 Å². The Labute approximate surface area is 96.5 Å². The average Bonchev–Trinajstić information content (AvgIpc) is 2.74. The smallest absolute Gasteiger partial charge is 0.168 e. The molecule has 78 valence electrons. The highest BCUT2D eigenvalue weighted by Crippen LogP contribution is 2.36. The lowest BCUT2D eigenvalue weighted by atomic mass is 10.1. The third kappa shape index (κ3) is 1.94. The molecular formula is C10H7Cl2NO2. The minimum Gasteiger partial charge on any atom is -0.495 e. The highest BCUT2D eigenvalue weighted by molar-refractivity contribution is 6.36. The van der Waals surface area contributed by atoms with E-state index in [9.17, 15) is 0 Å². The molecule has 1 aromatic carbocycles. The first-order valence-electron chi connectivity index (χ1n) is 4.16. The van der Waals surface area contributed by atoms with Crippen LogP contribution in [0.3, 0.4) is 0 Å². The van der Waals surface area contributed by atoms with E-state index in [-0.39, 0.29) is 0 Å². The second-order valence-electron chi connectivity index (χ2n) is 2.84. The molecule has 0 radical (unpaired) electrons. The van der Waals surface area contributed by atoms with Crippen molar-refractivity contribution in [3.8, 4) is 17.1 Å². The van der Waals surface area contributed by atoms with Gasteiger partial charge in [-0.3, -0.25) is 0 Å². The van der Waals surface area contributed by atoms with Crippen molar-refractivity contribution in [1.82, 2.24) is 5.16 Å². The summed E-state index contributed by atoms with van der Waals surface area (Å²) >= 11 is 12.0. The molecule has 1 aromatic heterocycles. The zero-order valence-electron chi connectivity index (χ0n) is 7.83. The lowest BCUT2D eigenvalue weighted by Crippen LogP contribution is -1.86. The highest BCUT2D eigenvalue weighted by Gasteiger charge is 2.11. The summed E-state index contributed by atoms with van der Waals surface area (Å²) in [5.41, 5.74) is 0.694. The van der Waals surface area contributed by atoms with E-state index in [4.69, 9.17) is 32.5 Å². The fraction of sp³-hybridized carbons (Fsp3) is 0.100. The molecular weight excluding hydrogens is 237 g/mol. The fourth-order valence-electron chi connectivity index (χ4n) is 1.23. The summed E-state index contributed by atoms with van der Waals surface area (Å²) in [5, 5.41) is 4.59. The Morgan fingerprint density at radius 1 is 1.27 bits per heavy atom. The van der Waals surface area contributed by atoms with E-state index in [1.807, 2.05) is 0 Å². The standard InChI is InChI=1S/C10H7Cl2NO2/c1-14-10-5-7(11)6(4-8(10)12)9-2-3-13-15-9/h2-5H,1H3. The summed E-state index contributed by atoms with van der Waals surface area (Å²) in [6.07, 6.45) is 1.55. The number of nitrogens with zero attached hydrogens (tertiary/aromatic N) is 1. The summed E-state index contributed by atoms with van der Waals surface area (Å²) in [4.78, 5) is 0. The second-order valence-corrected chi connectivity index (χ2v) is 3.66. The van der Waals surface area contributed by atoms with Crippen LogP contribution >= 0.6 is 23.2 Å². The van der Waals surface area contributed by atoms with Crippen LogP contribution in [-0.2, 0) is 0 Å². The molecule has 0 amide bonds. The third-order valence-corrected chi connectivity index (χ3v) is 2.55. The average molecular weight is 244 g/mol. The number of halogens is 2. The van der Waals surface area contributed by atoms with Crippen molar-refractivity contribution < 1.29 is 9.26 Å². The molecule has 0 fully saturated rings. The molecule has 0 aliphatic heterocycles. The molecule has 0 spiro atoms. The van der Waals surface area contributed by atoms with E-state index < -0.39 is 0 Å². The first-order chi connectivity index (χ1) is 7.22. The van der Waals surface area contributed by atoms with Crippen molar-refractivity contribution in [3.05, 3.63) is 34.4 Å². The van der Waals surface area contributed by atoms with Gasteiger partial charge in [0.15, 0.2) is 5.76 Å². The number of hydrogen-bond acceptors (Lipinski definition) is 3. The Balaban J connectivity index is 2.55. The Hall–Kier alpha value is -1.19. The number of methoxy groups -OCH3 is 1. The molecule has 0 unspecified atom stereocenters. The zero-order chi connectivity index (χ0) is 10.8. The van der Waals surface area contributed by atoms with Gasteiger partial charge in [0, 0.05) is 17.7 Å². The normalized spacial score (nSPS) is 10.3. The SMILES string of the molecule is COc1cc(Cl)c(-c2ccno2)cc1Cl. The second kappa shape index (κ2) is 4.13.